The van der Waals surface area contributed by atoms with Crippen molar-refractivity contribution in [3.05, 3.63) is 35.4 Å². The molecule has 14 atom stereocenters. The molecule has 3 aromatic heterocycles. The first-order valence-corrected chi connectivity index (χ1v) is 20.5. The first-order valence-electron chi connectivity index (χ1n) is 17.5. The molecule has 3 aromatic rings. The summed E-state index contributed by atoms with van der Waals surface area (Å²) in [6.45, 7) is 0.113. The number of nitrogens with zero attached hydrogens (tertiary/aromatic N) is 7. The van der Waals surface area contributed by atoms with Gasteiger partial charge in [0.25, 0.3) is 0 Å². The number of ether oxygens (including phenoxy) is 3. The average molecular weight is 845 g/mol. The number of nitrogens with one attached hydrogen (secondary N) is 1. The Balaban J connectivity index is 0.977. The summed E-state index contributed by atoms with van der Waals surface area (Å²) in [6.07, 6.45) is -9.01. The van der Waals surface area contributed by atoms with Crippen molar-refractivity contribution in [1.82, 2.24) is 39.3 Å². The van der Waals surface area contributed by atoms with Gasteiger partial charge < -0.3 is 45.7 Å². The summed E-state index contributed by atoms with van der Waals surface area (Å²) in [5.74, 6) is -1.70. The molecular weight excluding hydrogens is 806 g/mol. The normalized spacial score (nSPS) is 35.9. The third kappa shape index (κ3) is 7.57. The number of aromatic nitrogens is 6. The number of anilines is 2. The Morgan fingerprint density at radius 2 is 1.65 bits per heavy atom. The summed E-state index contributed by atoms with van der Waals surface area (Å²) < 4.78 is 69.2. The molecule has 2 bridgehead atoms. The highest BCUT2D eigenvalue weighted by atomic mass is 31.2. The van der Waals surface area contributed by atoms with Crippen molar-refractivity contribution in [2.24, 2.45) is 5.92 Å². The Bertz CT molecular complexity index is 2210. The minimum absolute atomic E-state index is 0.0246. The van der Waals surface area contributed by atoms with Gasteiger partial charge >= 0.3 is 27.4 Å². The van der Waals surface area contributed by atoms with Crippen LogP contribution in [0.1, 0.15) is 38.6 Å². The Morgan fingerprint density at radius 3 is 2.40 bits per heavy atom. The Kier molecular flexibility index (Phi) is 10.5. The highest BCUT2D eigenvalue weighted by Gasteiger charge is 2.62. The van der Waals surface area contributed by atoms with E-state index in [0.717, 1.165) is 9.47 Å². The van der Waals surface area contributed by atoms with E-state index in [-0.39, 0.29) is 42.1 Å². The third-order valence-corrected chi connectivity index (χ3v) is 12.5. The van der Waals surface area contributed by atoms with Gasteiger partial charge in [-0.1, -0.05) is 6.92 Å². The quantitative estimate of drug-likeness (QED) is 0.0992. The summed E-state index contributed by atoms with van der Waals surface area (Å²) >= 11 is 0. The van der Waals surface area contributed by atoms with Crippen LogP contribution in [0, 0.1) is 5.92 Å². The van der Waals surface area contributed by atoms with Gasteiger partial charge in [-0.2, -0.15) is 4.98 Å². The molecule has 0 aromatic carbocycles. The highest BCUT2D eigenvalue weighted by molar-refractivity contribution is 7.47. The number of imide groups is 1. The number of phosphoric ester groups is 2. The fourth-order valence-electron chi connectivity index (χ4n) is 7.75. The summed E-state index contributed by atoms with van der Waals surface area (Å²) in [6, 6.07) is -0.815. The summed E-state index contributed by atoms with van der Waals surface area (Å²) in [5, 5.41) is 22.9. The van der Waals surface area contributed by atoms with Gasteiger partial charge in [0.05, 0.1) is 37.6 Å². The van der Waals surface area contributed by atoms with Crippen LogP contribution in [0.15, 0.2) is 29.7 Å². The van der Waals surface area contributed by atoms with E-state index in [1.54, 1.807) is 0 Å². The van der Waals surface area contributed by atoms with Crippen LogP contribution >= 0.6 is 15.6 Å². The van der Waals surface area contributed by atoms with Crippen molar-refractivity contribution in [3.63, 3.8) is 0 Å². The standard InChI is InChI=1S/C29H38N10O16P2/c1-11-22-24(55-57(47,48)53-13-5-19(50-15(13)7-40)38-10-34-21-25(31)32-9-33-26(21)38)23-14(6-20(52-23)39(22)29(44)36-27(11)42)54-56(45,46)49-8-16-12(41)4-18(51-16)37-3-2-17(30)35-28(37)43/h2-3,9-16,18-20,22-24,40-41H,4-8H2,1H3,(H,45,46)(H,47,48)(H2,30,35,43)(H2,31,32,33)(H,36,42,44)/t11-,12-,13-,14-,15+,16+,18+,19+,20+,22-,23-,24-/m0/s1. The molecule has 8 heterocycles. The molecule has 9 N–H and O–H groups in total. The maximum atomic E-state index is 13.8. The van der Waals surface area contributed by atoms with Crippen molar-refractivity contribution >= 4 is 50.4 Å². The van der Waals surface area contributed by atoms with E-state index in [4.69, 9.17) is 43.8 Å². The van der Waals surface area contributed by atoms with Crippen LogP contribution in [-0.2, 0) is 46.2 Å². The number of fused-ring (bicyclic) bond motifs is 5. The summed E-state index contributed by atoms with van der Waals surface area (Å²) in [7, 11) is -10.3. The number of aliphatic hydroxyl groups excluding tert-OH is 2. The SMILES string of the molecule is C[C@@H]1C(=O)NC(=O)N2[C@@H]1[C@H](OP(=O)(O)O[C@H]1C[C@H](n3cnc4c(N)ncnc43)O[C@@H]1CO)[C@H]1O[C@@H]2C[C@@H]1OP(=O)(O)OC[C@H]1O[C@@H](n2ccc(N)nc2=O)C[C@@H]1O. The van der Waals surface area contributed by atoms with Gasteiger partial charge in [-0.05, 0) is 6.07 Å². The van der Waals surface area contributed by atoms with Crippen molar-refractivity contribution in [3.8, 4) is 0 Å². The van der Waals surface area contributed by atoms with Crippen molar-refractivity contribution in [2.75, 3.05) is 24.7 Å². The Morgan fingerprint density at radius 1 is 0.930 bits per heavy atom. The average Bonchev–Trinajstić information content (AvgIpc) is 3.92. The largest absolute Gasteiger partial charge is 0.472 e. The van der Waals surface area contributed by atoms with E-state index in [9.17, 15) is 43.5 Å². The maximum absolute atomic E-state index is 13.8. The van der Waals surface area contributed by atoms with Crippen molar-refractivity contribution in [2.45, 2.75) is 93.6 Å². The van der Waals surface area contributed by atoms with Gasteiger partial charge in [0, 0.05) is 25.5 Å². The van der Waals surface area contributed by atoms with Crippen LogP contribution in [0.5, 0.6) is 0 Å². The molecule has 28 heteroatoms. The van der Waals surface area contributed by atoms with Crippen LogP contribution < -0.4 is 22.5 Å². The van der Waals surface area contributed by atoms with Gasteiger partial charge in [-0.3, -0.25) is 42.2 Å². The van der Waals surface area contributed by atoms with E-state index in [0.29, 0.717) is 0 Å². The highest BCUT2D eigenvalue weighted by Crippen LogP contribution is 2.56. The molecule has 310 valence electrons. The second kappa shape index (κ2) is 15.0. The van der Waals surface area contributed by atoms with Crippen LogP contribution in [0.3, 0.4) is 0 Å². The zero-order valence-corrected chi connectivity index (χ0v) is 31.4. The number of amides is 3. The summed E-state index contributed by atoms with van der Waals surface area (Å²) in [5.41, 5.74) is 11.2. The van der Waals surface area contributed by atoms with Gasteiger partial charge in [0.15, 0.2) is 11.5 Å². The lowest BCUT2D eigenvalue weighted by molar-refractivity contribution is -0.185. The second-order valence-corrected chi connectivity index (χ2v) is 16.7. The Hall–Kier alpha value is -4.01. The first-order chi connectivity index (χ1) is 27.0. The molecule has 57 heavy (non-hydrogen) atoms. The van der Waals surface area contributed by atoms with E-state index < -0.39 is 120 Å². The van der Waals surface area contributed by atoms with E-state index in [1.165, 1.54) is 36.4 Å². The number of carbonyl (C=O) groups is 2. The Labute approximate surface area is 320 Å². The molecule has 5 aliphatic rings. The molecule has 0 saturated carbocycles. The van der Waals surface area contributed by atoms with Gasteiger partial charge in [0.1, 0.15) is 73.0 Å². The minimum Gasteiger partial charge on any atom is -0.394 e. The number of imidazole rings is 1. The minimum atomic E-state index is -5.24. The summed E-state index contributed by atoms with van der Waals surface area (Å²) in [4.78, 5) is 77.2. The molecule has 5 aliphatic heterocycles. The molecule has 0 spiro atoms. The molecule has 8 rings (SSSR count). The second-order valence-electron chi connectivity index (χ2n) is 14.0. The van der Waals surface area contributed by atoms with Crippen LogP contribution in [-0.4, -0.2) is 134 Å². The number of phosphoric acid groups is 2. The molecule has 26 nitrogen and oxygen atoms in total. The topological polar surface area (TPSA) is 360 Å². The number of urea groups is 1. The fourth-order valence-corrected chi connectivity index (χ4v) is 9.86. The van der Waals surface area contributed by atoms with Gasteiger partial charge in [-0.15, -0.1) is 0 Å². The molecule has 2 unspecified atom stereocenters. The number of nitrogens with two attached hydrogens (primary N) is 2. The van der Waals surface area contributed by atoms with Crippen molar-refractivity contribution in [1.29, 1.82) is 0 Å². The van der Waals surface area contributed by atoms with Crippen LogP contribution in [0.2, 0.25) is 0 Å². The predicted molar refractivity (Wildman–Crippen MR) is 185 cm³/mol. The number of rotatable bonds is 12. The number of nitrogen functional groups attached to an aromatic ring is 2. The third-order valence-electron chi connectivity index (χ3n) is 10.4. The monoisotopic (exact) mass is 844 g/mol. The molecule has 0 aliphatic carbocycles. The fraction of sp³-hybridized carbons (Fsp3) is 0.621. The van der Waals surface area contributed by atoms with Crippen LogP contribution in [0.25, 0.3) is 11.2 Å². The number of hydrogen-bond acceptors (Lipinski definition) is 20. The van der Waals surface area contributed by atoms with Gasteiger partial charge in [-0.25, -0.2) is 33.7 Å². The zero-order chi connectivity index (χ0) is 40.6. The van der Waals surface area contributed by atoms with E-state index >= 15 is 0 Å². The first kappa shape index (κ1) is 39.8. The maximum Gasteiger partial charge on any atom is 0.472 e. The van der Waals surface area contributed by atoms with Gasteiger partial charge in [0.2, 0.25) is 5.91 Å². The lowest BCUT2D eigenvalue weighted by Gasteiger charge is -2.49. The van der Waals surface area contributed by atoms with E-state index in [1.807, 2.05) is 0 Å². The molecule has 5 saturated heterocycles. The number of hydrogen-bond donors (Lipinski definition) is 7. The number of aliphatic hydroxyl groups is 2. The zero-order valence-electron chi connectivity index (χ0n) is 29.6. The van der Waals surface area contributed by atoms with Crippen molar-refractivity contribution < 1.29 is 71.0 Å². The molecule has 3 amide bonds. The predicted octanol–water partition coefficient (Wildman–Crippen LogP) is -1.77. The lowest BCUT2D eigenvalue weighted by atomic mass is 9.89. The molecular formula is C29H38N10O16P2. The lowest BCUT2D eigenvalue weighted by Crippen LogP contribution is -2.69. The molecule has 5 fully saturated rings. The van der Waals surface area contributed by atoms with E-state index in [2.05, 4.69) is 25.3 Å². The van der Waals surface area contributed by atoms with Crippen LogP contribution in [0.4, 0.5) is 16.4 Å². The number of carbonyl (C=O) groups excluding carboxylic acids is 2. The molecule has 0 radical (unpaired) electrons. The smallest absolute Gasteiger partial charge is 0.394 e.